The van der Waals surface area contributed by atoms with Crippen molar-refractivity contribution in [2.24, 2.45) is 16.8 Å². The second kappa shape index (κ2) is 9.58. The van der Waals surface area contributed by atoms with E-state index in [2.05, 4.69) is 29.0 Å². The first-order valence-corrected chi connectivity index (χ1v) is 10.1. The van der Waals surface area contributed by atoms with E-state index in [1.165, 1.54) is 12.7 Å². The van der Waals surface area contributed by atoms with Crippen LogP contribution < -0.4 is 5.32 Å². The van der Waals surface area contributed by atoms with E-state index in [4.69, 9.17) is 14.1 Å². The fourth-order valence-corrected chi connectivity index (χ4v) is 3.55. The van der Waals surface area contributed by atoms with Gasteiger partial charge in [0.15, 0.2) is 5.96 Å². The Kier molecular flexibility index (Phi) is 6.90. The average Bonchev–Trinajstić information content (AvgIpc) is 3.34. The van der Waals surface area contributed by atoms with Crippen LogP contribution in [-0.4, -0.2) is 55.1 Å². The molecule has 1 saturated heterocycles. The molecule has 156 valence electrons. The normalized spacial score (nSPS) is 19.4. The zero-order valence-corrected chi connectivity index (χ0v) is 17.6. The quantitative estimate of drug-likeness (QED) is 0.458. The fraction of sp³-hybridized carbons (Fsp3) is 0.500. The van der Waals surface area contributed by atoms with Gasteiger partial charge in [0, 0.05) is 38.2 Å². The van der Waals surface area contributed by atoms with E-state index in [1.54, 1.807) is 6.26 Å². The highest BCUT2D eigenvalue weighted by molar-refractivity contribution is 5.82. The Morgan fingerprint density at radius 2 is 2.10 bits per heavy atom. The molecule has 1 fully saturated rings. The lowest BCUT2D eigenvalue weighted by atomic mass is 9.99. The number of oxazole rings is 1. The van der Waals surface area contributed by atoms with E-state index in [0.717, 1.165) is 30.3 Å². The number of ether oxygens (including phenoxy) is 1. The molecule has 1 aromatic carbocycles. The molecule has 0 saturated carbocycles. The molecule has 2 aromatic rings. The van der Waals surface area contributed by atoms with Crippen molar-refractivity contribution in [2.75, 3.05) is 33.3 Å². The Hall–Kier alpha value is -2.83. The Morgan fingerprint density at radius 3 is 2.79 bits per heavy atom. The number of rotatable bonds is 6. The summed E-state index contributed by atoms with van der Waals surface area (Å²) in [7, 11) is 1.44. The number of methoxy groups -OCH3 is 1. The highest BCUT2D eigenvalue weighted by Gasteiger charge is 2.36. The van der Waals surface area contributed by atoms with Gasteiger partial charge in [-0.1, -0.05) is 24.6 Å². The molecule has 1 N–H and O–H groups in total. The van der Waals surface area contributed by atoms with Crippen LogP contribution >= 0.6 is 0 Å². The average molecular weight is 399 g/mol. The Labute approximate surface area is 172 Å². The zero-order chi connectivity index (χ0) is 20.8. The standard InChI is InChI=1S/C22H30N4O3/c1-5-23-22(26-12-16(3)19(13-26)21(27)28-4)24-11-10-18-14-29-20(25-18)17-8-6-15(2)7-9-17/h6-9,14,16,19H,5,10-13H2,1-4H3,(H,23,24). The number of likely N-dealkylation sites (tertiary alicyclic amines) is 1. The highest BCUT2D eigenvalue weighted by atomic mass is 16.5. The second-order valence-corrected chi connectivity index (χ2v) is 7.51. The van der Waals surface area contributed by atoms with E-state index in [1.807, 2.05) is 31.2 Å². The number of hydrogen-bond acceptors (Lipinski definition) is 5. The van der Waals surface area contributed by atoms with E-state index in [-0.39, 0.29) is 17.8 Å². The van der Waals surface area contributed by atoms with Gasteiger partial charge in [0.25, 0.3) is 0 Å². The molecule has 29 heavy (non-hydrogen) atoms. The molecule has 0 aliphatic carbocycles. The van der Waals surface area contributed by atoms with Crippen LogP contribution in [0.4, 0.5) is 0 Å². The summed E-state index contributed by atoms with van der Waals surface area (Å²) < 4.78 is 10.6. The van der Waals surface area contributed by atoms with Gasteiger partial charge in [0.2, 0.25) is 5.89 Å². The minimum absolute atomic E-state index is 0.114. The summed E-state index contributed by atoms with van der Waals surface area (Å²) >= 11 is 0. The number of aryl methyl sites for hydroxylation is 1. The molecule has 0 radical (unpaired) electrons. The van der Waals surface area contributed by atoms with Gasteiger partial charge in [0.05, 0.1) is 18.7 Å². The van der Waals surface area contributed by atoms with Crippen molar-refractivity contribution in [3.8, 4) is 11.5 Å². The SMILES string of the molecule is CCNC(=NCCc1coc(-c2ccc(C)cc2)n1)N1CC(C)C(C(=O)OC)C1. The molecule has 1 aliphatic heterocycles. The monoisotopic (exact) mass is 398 g/mol. The number of carbonyl (C=O) groups excluding carboxylic acids is 1. The van der Waals surface area contributed by atoms with Crippen LogP contribution in [0.2, 0.25) is 0 Å². The molecular formula is C22H30N4O3. The summed E-state index contributed by atoms with van der Waals surface area (Å²) in [5.74, 6) is 1.43. The molecular weight excluding hydrogens is 368 g/mol. The lowest BCUT2D eigenvalue weighted by molar-refractivity contribution is -0.145. The number of aliphatic imine (C=N–C) groups is 1. The summed E-state index contributed by atoms with van der Waals surface area (Å²) in [6.45, 7) is 8.95. The Balaban J connectivity index is 1.61. The molecule has 1 aromatic heterocycles. The van der Waals surface area contributed by atoms with Crippen LogP contribution in [-0.2, 0) is 16.0 Å². The molecule has 7 heteroatoms. The molecule has 1 aliphatic rings. The Bertz CT molecular complexity index is 844. The lowest BCUT2D eigenvalue weighted by Crippen LogP contribution is -2.40. The number of nitrogens with one attached hydrogen (secondary N) is 1. The number of esters is 1. The number of guanidine groups is 1. The van der Waals surface area contributed by atoms with E-state index >= 15 is 0 Å². The minimum Gasteiger partial charge on any atom is -0.469 e. The number of hydrogen-bond donors (Lipinski definition) is 1. The van der Waals surface area contributed by atoms with Crippen molar-refractivity contribution in [1.29, 1.82) is 0 Å². The number of carbonyl (C=O) groups is 1. The van der Waals surface area contributed by atoms with Gasteiger partial charge in [-0.15, -0.1) is 0 Å². The summed E-state index contributed by atoms with van der Waals surface area (Å²) in [4.78, 5) is 23.4. The van der Waals surface area contributed by atoms with Crippen LogP contribution in [0.5, 0.6) is 0 Å². The van der Waals surface area contributed by atoms with Gasteiger partial charge in [-0.2, -0.15) is 0 Å². The zero-order valence-electron chi connectivity index (χ0n) is 17.6. The summed E-state index contributed by atoms with van der Waals surface area (Å²) in [5.41, 5.74) is 3.05. The van der Waals surface area contributed by atoms with Gasteiger partial charge < -0.3 is 19.4 Å². The van der Waals surface area contributed by atoms with Crippen molar-refractivity contribution in [3.05, 3.63) is 41.8 Å². The molecule has 0 amide bonds. The topological polar surface area (TPSA) is 80.0 Å². The second-order valence-electron chi connectivity index (χ2n) is 7.51. The fourth-order valence-electron chi connectivity index (χ4n) is 3.55. The minimum atomic E-state index is -0.151. The largest absolute Gasteiger partial charge is 0.469 e. The van der Waals surface area contributed by atoms with Crippen LogP contribution in [0.15, 0.2) is 39.9 Å². The first-order chi connectivity index (χ1) is 14.0. The van der Waals surface area contributed by atoms with E-state index in [0.29, 0.717) is 25.4 Å². The molecule has 7 nitrogen and oxygen atoms in total. The van der Waals surface area contributed by atoms with Crippen LogP contribution in [0.25, 0.3) is 11.5 Å². The maximum atomic E-state index is 12.0. The van der Waals surface area contributed by atoms with Crippen molar-refractivity contribution in [2.45, 2.75) is 27.2 Å². The first-order valence-electron chi connectivity index (χ1n) is 10.1. The van der Waals surface area contributed by atoms with Gasteiger partial charge in [-0.05, 0) is 31.9 Å². The lowest BCUT2D eigenvalue weighted by Gasteiger charge is -2.21. The van der Waals surface area contributed by atoms with Crippen molar-refractivity contribution in [3.63, 3.8) is 0 Å². The summed E-state index contributed by atoms with van der Waals surface area (Å²) in [5, 5.41) is 3.33. The van der Waals surface area contributed by atoms with Gasteiger partial charge in [-0.3, -0.25) is 9.79 Å². The van der Waals surface area contributed by atoms with Crippen LogP contribution in [0.1, 0.15) is 25.1 Å². The van der Waals surface area contributed by atoms with Crippen molar-refractivity contribution < 1.29 is 13.9 Å². The predicted octanol–water partition coefficient (Wildman–Crippen LogP) is 2.90. The van der Waals surface area contributed by atoms with Crippen molar-refractivity contribution in [1.82, 2.24) is 15.2 Å². The summed E-state index contributed by atoms with van der Waals surface area (Å²) in [6, 6.07) is 8.12. The van der Waals surface area contributed by atoms with Gasteiger partial charge in [0.1, 0.15) is 6.26 Å². The predicted molar refractivity (Wildman–Crippen MR) is 113 cm³/mol. The number of nitrogens with zero attached hydrogens (tertiary/aromatic N) is 3. The van der Waals surface area contributed by atoms with E-state index in [9.17, 15) is 4.79 Å². The Morgan fingerprint density at radius 1 is 1.34 bits per heavy atom. The van der Waals surface area contributed by atoms with E-state index < -0.39 is 0 Å². The maximum Gasteiger partial charge on any atom is 0.310 e. The first kappa shape index (κ1) is 20.9. The van der Waals surface area contributed by atoms with Crippen LogP contribution in [0, 0.1) is 18.8 Å². The highest BCUT2D eigenvalue weighted by Crippen LogP contribution is 2.24. The third-order valence-electron chi connectivity index (χ3n) is 5.23. The van der Waals surface area contributed by atoms with Gasteiger partial charge >= 0.3 is 5.97 Å². The molecule has 2 unspecified atom stereocenters. The molecule has 2 heterocycles. The number of benzene rings is 1. The third kappa shape index (κ3) is 5.16. The summed E-state index contributed by atoms with van der Waals surface area (Å²) in [6.07, 6.45) is 2.39. The third-order valence-corrected chi connectivity index (χ3v) is 5.23. The van der Waals surface area contributed by atoms with Crippen LogP contribution in [0.3, 0.4) is 0 Å². The molecule has 2 atom stereocenters. The smallest absolute Gasteiger partial charge is 0.310 e. The number of aromatic nitrogens is 1. The van der Waals surface area contributed by atoms with Crippen molar-refractivity contribution >= 4 is 11.9 Å². The van der Waals surface area contributed by atoms with Gasteiger partial charge in [-0.25, -0.2) is 4.98 Å². The molecule has 0 spiro atoms. The molecule has 0 bridgehead atoms. The molecule has 3 rings (SSSR count). The maximum absolute atomic E-state index is 12.0.